The van der Waals surface area contributed by atoms with Gasteiger partial charge in [0, 0.05) is 43.5 Å². The van der Waals surface area contributed by atoms with E-state index in [1.807, 2.05) is 61.6 Å². The Morgan fingerprint density at radius 3 is 2.35 bits per heavy atom. The number of aliphatic hydroxyl groups is 1. The molecule has 4 heterocycles. The van der Waals surface area contributed by atoms with Crippen LogP contribution in [0.2, 0.25) is 5.02 Å². The first-order chi connectivity index (χ1) is 20.8. The summed E-state index contributed by atoms with van der Waals surface area (Å²) in [5, 5.41) is 9.89. The fourth-order valence-electron chi connectivity index (χ4n) is 7.42. The molecule has 2 aromatic rings. The average molecular weight is 604 g/mol. The molecule has 1 N–H and O–H groups in total. The van der Waals surface area contributed by atoms with Crippen molar-refractivity contribution in [2.75, 3.05) is 31.1 Å². The van der Waals surface area contributed by atoms with Crippen LogP contribution in [0.15, 0.2) is 78.9 Å². The third-order valence-electron chi connectivity index (χ3n) is 9.43. The number of hydrogen-bond acceptors (Lipinski definition) is 5. The monoisotopic (exact) mass is 603 g/mol. The summed E-state index contributed by atoms with van der Waals surface area (Å²) < 4.78 is 7.06. The van der Waals surface area contributed by atoms with Crippen LogP contribution < -0.4 is 4.90 Å². The van der Waals surface area contributed by atoms with E-state index in [9.17, 15) is 19.5 Å². The molecule has 2 fully saturated rings. The minimum atomic E-state index is -1.30. The molecule has 6 rings (SSSR count). The summed E-state index contributed by atoms with van der Waals surface area (Å²) >= 11 is 6.15. The molecule has 0 aromatic heterocycles. The van der Waals surface area contributed by atoms with Crippen LogP contribution in [0.1, 0.15) is 38.2 Å². The van der Waals surface area contributed by atoms with Gasteiger partial charge in [0.2, 0.25) is 11.8 Å². The van der Waals surface area contributed by atoms with E-state index in [0.29, 0.717) is 62.6 Å². The van der Waals surface area contributed by atoms with Crippen LogP contribution in [0.5, 0.6) is 0 Å². The van der Waals surface area contributed by atoms with Gasteiger partial charge in [-0.1, -0.05) is 73.2 Å². The van der Waals surface area contributed by atoms with E-state index in [0.717, 1.165) is 5.56 Å². The van der Waals surface area contributed by atoms with Crippen molar-refractivity contribution in [3.05, 3.63) is 89.5 Å². The molecule has 2 aromatic carbocycles. The Kier molecular flexibility index (Phi) is 8.20. The number of hydrogen-bond donors (Lipinski definition) is 1. The van der Waals surface area contributed by atoms with Crippen LogP contribution in [0.25, 0.3) is 0 Å². The van der Waals surface area contributed by atoms with E-state index in [-0.39, 0.29) is 24.3 Å². The summed E-state index contributed by atoms with van der Waals surface area (Å²) in [7, 11) is 0. The minimum Gasteiger partial charge on any atom is -0.396 e. The molecular formula is C34H38ClN3O5. The van der Waals surface area contributed by atoms with Gasteiger partial charge in [-0.2, -0.15) is 0 Å². The van der Waals surface area contributed by atoms with E-state index >= 15 is 0 Å². The van der Waals surface area contributed by atoms with E-state index in [2.05, 4.69) is 0 Å². The van der Waals surface area contributed by atoms with Gasteiger partial charge in [0.15, 0.2) is 0 Å². The summed E-state index contributed by atoms with van der Waals surface area (Å²) in [6, 6.07) is 16.0. The van der Waals surface area contributed by atoms with Gasteiger partial charge in [-0.25, -0.2) is 0 Å². The highest BCUT2D eigenvalue weighted by Crippen LogP contribution is 2.58. The number of nitrogens with zero attached hydrogens (tertiary/aromatic N) is 3. The first kappa shape index (κ1) is 29.6. The van der Waals surface area contributed by atoms with Crippen molar-refractivity contribution in [2.24, 2.45) is 11.8 Å². The summed E-state index contributed by atoms with van der Waals surface area (Å²) in [6.07, 6.45) is 10.1. The Hall–Kier alpha value is -3.46. The highest BCUT2D eigenvalue weighted by atomic mass is 35.5. The molecule has 0 radical (unpaired) electrons. The van der Waals surface area contributed by atoms with Crippen molar-refractivity contribution in [2.45, 2.75) is 56.4 Å². The number of likely N-dealkylation sites (tertiary alicyclic amines) is 1. The van der Waals surface area contributed by atoms with Crippen molar-refractivity contribution >= 4 is 35.0 Å². The molecular weight excluding hydrogens is 566 g/mol. The first-order valence-corrected chi connectivity index (χ1v) is 15.6. The van der Waals surface area contributed by atoms with Crippen LogP contribution >= 0.6 is 11.6 Å². The average Bonchev–Trinajstić information content (AvgIpc) is 3.30. The number of anilines is 1. The second kappa shape index (κ2) is 11.9. The second-order valence-corrected chi connectivity index (χ2v) is 12.3. The van der Waals surface area contributed by atoms with E-state index < -0.39 is 29.1 Å². The van der Waals surface area contributed by atoms with E-state index in [1.54, 1.807) is 39.0 Å². The zero-order valence-electron chi connectivity index (χ0n) is 24.4. The fraction of sp³-hybridized carbons (Fsp3) is 0.441. The lowest BCUT2D eigenvalue weighted by molar-refractivity contribution is -0.150. The molecule has 226 valence electrons. The number of benzene rings is 2. The third-order valence-corrected chi connectivity index (χ3v) is 9.69. The van der Waals surface area contributed by atoms with Gasteiger partial charge in [0.25, 0.3) is 5.91 Å². The van der Waals surface area contributed by atoms with Gasteiger partial charge >= 0.3 is 0 Å². The van der Waals surface area contributed by atoms with Gasteiger partial charge in [-0.15, -0.1) is 0 Å². The van der Waals surface area contributed by atoms with Gasteiger partial charge in [0.1, 0.15) is 11.6 Å². The lowest BCUT2D eigenvalue weighted by Crippen LogP contribution is -2.56. The Labute approximate surface area is 257 Å². The Balaban J connectivity index is 1.42. The molecule has 0 saturated carbocycles. The SMILES string of the molecule is CC[C@@]12C=CCN(Cc3ccccc3)C(=O)[C@@H]1[C@H]1C(=O)N(CCCCCO)C3C(=O)N(c4ccc(Cl)cc4)CC=C[C@@]31O2. The van der Waals surface area contributed by atoms with E-state index in [1.165, 1.54) is 0 Å². The maximum absolute atomic E-state index is 14.6. The van der Waals surface area contributed by atoms with Crippen LogP contribution in [-0.2, 0) is 25.7 Å². The highest BCUT2D eigenvalue weighted by Gasteiger charge is 2.75. The summed E-state index contributed by atoms with van der Waals surface area (Å²) in [5.41, 5.74) is -0.645. The number of fused-ring (bicyclic) bond motifs is 2. The number of carbonyl (C=O) groups is 3. The molecule has 8 nitrogen and oxygen atoms in total. The van der Waals surface area contributed by atoms with Crippen molar-refractivity contribution < 1.29 is 24.2 Å². The Morgan fingerprint density at radius 1 is 0.884 bits per heavy atom. The van der Waals surface area contributed by atoms with Gasteiger partial charge in [-0.3, -0.25) is 14.4 Å². The Bertz CT molecular complexity index is 1430. The maximum atomic E-state index is 14.6. The van der Waals surface area contributed by atoms with Crippen LogP contribution in [-0.4, -0.2) is 76.1 Å². The molecule has 5 atom stereocenters. The largest absolute Gasteiger partial charge is 0.396 e. The zero-order chi connectivity index (χ0) is 30.2. The highest BCUT2D eigenvalue weighted by molar-refractivity contribution is 6.30. The van der Waals surface area contributed by atoms with Gasteiger partial charge < -0.3 is 24.5 Å². The van der Waals surface area contributed by atoms with Gasteiger partial charge in [0.05, 0.1) is 17.4 Å². The standard InChI is InChI=1S/C34H38ClN3O5/c1-2-33-17-9-19-36(23-24-11-5-3-6-12-24)30(40)27(33)28-31(41)38(20-7-4-8-22-39)29-32(42)37(21-10-18-34(28,29)43-33)26-15-13-25(35)14-16-26/h3,5-6,9-18,27-29,39H,2,4,7-8,19-23H2,1H3/t27-,28-,29?,33+,34-/m0/s1. The first-order valence-electron chi connectivity index (χ1n) is 15.2. The third kappa shape index (κ3) is 4.99. The molecule has 43 heavy (non-hydrogen) atoms. The summed E-state index contributed by atoms with van der Waals surface area (Å²) in [5.74, 6) is -2.24. The predicted octanol–water partition coefficient (Wildman–Crippen LogP) is 4.37. The molecule has 0 aliphatic carbocycles. The van der Waals surface area contributed by atoms with Crippen LogP contribution in [0.3, 0.4) is 0 Å². The molecule has 2 saturated heterocycles. The number of aliphatic hydroxyl groups excluding tert-OH is 1. The molecule has 4 aliphatic heterocycles. The molecule has 4 aliphatic rings. The molecule has 1 spiro atoms. The topological polar surface area (TPSA) is 90.4 Å². The molecule has 1 unspecified atom stereocenters. The molecule has 9 heteroatoms. The Morgan fingerprint density at radius 2 is 1.63 bits per heavy atom. The summed E-state index contributed by atoms with van der Waals surface area (Å²) in [6.45, 7) is 3.51. The number of carbonyl (C=O) groups excluding carboxylic acids is 3. The minimum absolute atomic E-state index is 0.0677. The van der Waals surface area contributed by atoms with Gasteiger partial charge in [-0.05, 0) is 55.5 Å². The number of halogens is 1. The quantitative estimate of drug-likeness (QED) is 0.340. The van der Waals surface area contributed by atoms with Crippen LogP contribution in [0.4, 0.5) is 5.69 Å². The summed E-state index contributed by atoms with van der Waals surface area (Å²) in [4.78, 5) is 48.8. The van der Waals surface area contributed by atoms with Crippen molar-refractivity contribution in [1.29, 1.82) is 0 Å². The number of ether oxygens (including phenoxy) is 1. The lowest BCUT2D eigenvalue weighted by Gasteiger charge is -2.38. The lowest BCUT2D eigenvalue weighted by atomic mass is 9.73. The van der Waals surface area contributed by atoms with Crippen LogP contribution in [0, 0.1) is 11.8 Å². The predicted molar refractivity (Wildman–Crippen MR) is 164 cm³/mol. The smallest absolute Gasteiger partial charge is 0.253 e. The van der Waals surface area contributed by atoms with Crippen molar-refractivity contribution in [1.82, 2.24) is 9.80 Å². The van der Waals surface area contributed by atoms with Crippen molar-refractivity contribution in [3.63, 3.8) is 0 Å². The van der Waals surface area contributed by atoms with Crippen molar-refractivity contribution in [3.8, 4) is 0 Å². The normalized spacial score (nSPS) is 29.9. The van der Waals surface area contributed by atoms with E-state index in [4.69, 9.17) is 16.3 Å². The molecule has 0 bridgehead atoms. The number of amides is 3. The fourth-order valence-corrected chi connectivity index (χ4v) is 7.55. The number of unbranched alkanes of at least 4 members (excludes halogenated alkanes) is 2. The second-order valence-electron chi connectivity index (χ2n) is 11.9. The molecule has 3 amide bonds. The number of rotatable bonds is 9. The maximum Gasteiger partial charge on any atom is 0.253 e. The zero-order valence-corrected chi connectivity index (χ0v) is 25.2.